The Morgan fingerprint density at radius 3 is 2.74 bits per heavy atom. The molecule has 0 aromatic carbocycles. The minimum absolute atomic E-state index is 0.0654. The lowest BCUT2D eigenvalue weighted by atomic mass is 9.74. The standard InChI is InChI=1S/C27H32N4O4/c1-4-35-24(32)16-22(20-11-13-23(34-3)29-17-20)31-18-27(2,26(31)33)14-6-5-9-21-12-10-19-8-7-15-28-25(19)30-21/h7-8,10-13,15,17,22H,4-6,9,14,16,18H2,1-3H3/t22-,27?/m0/s1. The van der Waals surface area contributed by atoms with Gasteiger partial charge >= 0.3 is 5.97 Å². The number of likely N-dealkylation sites (tertiary alicyclic amines) is 1. The van der Waals surface area contributed by atoms with Gasteiger partial charge in [-0.3, -0.25) is 9.59 Å². The fourth-order valence-electron chi connectivity index (χ4n) is 4.66. The van der Waals surface area contributed by atoms with Crippen molar-refractivity contribution in [1.82, 2.24) is 19.9 Å². The van der Waals surface area contributed by atoms with Crippen LogP contribution in [-0.2, 0) is 20.7 Å². The highest BCUT2D eigenvalue weighted by Crippen LogP contribution is 2.43. The fourth-order valence-corrected chi connectivity index (χ4v) is 4.66. The lowest BCUT2D eigenvalue weighted by Gasteiger charge is -2.50. The molecule has 4 rings (SSSR count). The Morgan fingerprint density at radius 2 is 2.03 bits per heavy atom. The number of hydrogen-bond acceptors (Lipinski definition) is 7. The van der Waals surface area contributed by atoms with Gasteiger partial charge in [0.25, 0.3) is 0 Å². The molecule has 3 aromatic heterocycles. The third-order valence-electron chi connectivity index (χ3n) is 6.62. The number of esters is 1. The zero-order valence-corrected chi connectivity index (χ0v) is 20.6. The van der Waals surface area contributed by atoms with E-state index in [1.807, 2.05) is 31.2 Å². The molecule has 0 radical (unpaired) electrons. The highest BCUT2D eigenvalue weighted by Gasteiger charge is 2.50. The molecule has 35 heavy (non-hydrogen) atoms. The Bertz CT molecular complexity index is 1180. The molecule has 0 saturated carbocycles. The molecule has 184 valence electrons. The SMILES string of the molecule is CCOC(=O)C[C@@H](c1ccc(OC)nc1)N1CC(C)(CCCCc2ccc3cccnc3n2)C1=O. The summed E-state index contributed by atoms with van der Waals surface area (Å²) in [5.41, 5.74) is 2.16. The Hall–Kier alpha value is -3.55. The van der Waals surface area contributed by atoms with Crippen molar-refractivity contribution in [2.75, 3.05) is 20.3 Å². The van der Waals surface area contributed by atoms with E-state index in [1.165, 1.54) is 0 Å². The lowest BCUT2D eigenvalue weighted by molar-refractivity contribution is -0.166. The van der Waals surface area contributed by atoms with Gasteiger partial charge in [0.05, 0.1) is 31.6 Å². The van der Waals surface area contributed by atoms with Gasteiger partial charge in [-0.15, -0.1) is 0 Å². The average Bonchev–Trinajstić information content (AvgIpc) is 2.88. The van der Waals surface area contributed by atoms with Crippen molar-refractivity contribution in [2.45, 2.75) is 52.0 Å². The highest BCUT2D eigenvalue weighted by molar-refractivity contribution is 5.89. The number of carbonyl (C=O) groups excluding carboxylic acids is 2. The number of carbonyl (C=O) groups is 2. The Kier molecular flexibility index (Phi) is 7.58. The van der Waals surface area contributed by atoms with E-state index in [9.17, 15) is 9.59 Å². The van der Waals surface area contributed by atoms with E-state index in [1.54, 1.807) is 37.4 Å². The molecule has 8 heteroatoms. The van der Waals surface area contributed by atoms with Crippen molar-refractivity contribution in [3.8, 4) is 5.88 Å². The van der Waals surface area contributed by atoms with Crippen LogP contribution in [0.5, 0.6) is 5.88 Å². The van der Waals surface area contributed by atoms with Crippen LogP contribution < -0.4 is 4.74 Å². The number of rotatable bonds is 11. The molecule has 0 bridgehead atoms. The summed E-state index contributed by atoms with van der Waals surface area (Å²) >= 11 is 0. The molecule has 0 aliphatic carbocycles. The summed E-state index contributed by atoms with van der Waals surface area (Å²) in [6, 6.07) is 11.2. The van der Waals surface area contributed by atoms with E-state index in [0.717, 1.165) is 48.0 Å². The van der Waals surface area contributed by atoms with E-state index in [-0.39, 0.29) is 18.3 Å². The Balaban J connectivity index is 1.35. The van der Waals surface area contributed by atoms with Crippen LogP contribution in [0, 0.1) is 5.41 Å². The highest BCUT2D eigenvalue weighted by atomic mass is 16.5. The summed E-state index contributed by atoms with van der Waals surface area (Å²) < 4.78 is 10.3. The van der Waals surface area contributed by atoms with Crippen molar-refractivity contribution in [2.24, 2.45) is 5.41 Å². The van der Waals surface area contributed by atoms with Gasteiger partial charge in [-0.25, -0.2) is 15.0 Å². The van der Waals surface area contributed by atoms with Crippen LogP contribution in [0.25, 0.3) is 11.0 Å². The van der Waals surface area contributed by atoms with Crippen LogP contribution in [0.3, 0.4) is 0 Å². The van der Waals surface area contributed by atoms with E-state index in [2.05, 4.69) is 21.0 Å². The number of amides is 1. The molecule has 1 aliphatic rings. The molecule has 1 amide bonds. The molecular formula is C27H32N4O4. The minimum atomic E-state index is -0.425. The van der Waals surface area contributed by atoms with Gasteiger partial charge in [0.1, 0.15) is 0 Å². The van der Waals surface area contributed by atoms with Gasteiger partial charge in [-0.2, -0.15) is 0 Å². The number of nitrogens with zero attached hydrogens (tertiary/aromatic N) is 4. The number of aryl methyl sites for hydroxylation is 1. The van der Waals surface area contributed by atoms with E-state index < -0.39 is 11.5 Å². The summed E-state index contributed by atoms with van der Waals surface area (Å²) in [4.78, 5) is 40.6. The first-order valence-corrected chi connectivity index (χ1v) is 12.1. The van der Waals surface area contributed by atoms with Gasteiger partial charge in [0.2, 0.25) is 11.8 Å². The largest absolute Gasteiger partial charge is 0.481 e. The van der Waals surface area contributed by atoms with Crippen LogP contribution in [0.1, 0.15) is 56.8 Å². The van der Waals surface area contributed by atoms with Crippen molar-refractivity contribution in [3.63, 3.8) is 0 Å². The maximum Gasteiger partial charge on any atom is 0.308 e. The number of hydrogen-bond donors (Lipinski definition) is 0. The molecule has 0 N–H and O–H groups in total. The van der Waals surface area contributed by atoms with E-state index in [0.29, 0.717) is 19.0 Å². The first-order chi connectivity index (χ1) is 16.9. The quantitative estimate of drug-likeness (QED) is 0.231. The Morgan fingerprint density at radius 1 is 1.17 bits per heavy atom. The van der Waals surface area contributed by atoms with E-state index >= 15 is 0 Å². The van der Waals surface area contributed by atoms with Crippen molar-refractivity contribution in [3.05, 3.63) is 60.0 Å². The minimum Gasteiger partial charge on any atom is -0.481 e. The third-order valence-corrected chi connectivity index (χ3v) is 6.62. The number of pyridine rings is 3. The average molecular weight is 477 g/mol. The summed E-state index contributed by atoms with van der Waals surface area (Å²) in [5, 5.41) is 1.04. The van der Waals surface area contributed by atoms with Gasteiger partial charge in [-0.05, 0) is 62.9 Å². The number of unbranched alkanes of at least 4 members (excludes halogenated alkanes) is 1. The summed E-state index contributed by atoms with van der Waals surface area (Å²) in [6.45, 7) is 4.69. The molecule has 1 saturated heterocycles. The third kappa shape index (κ3) is 5.58. The van der Waals surface area contributed by atoms with Crippen LogP contribution in [-0.4, -0.2) is 52.0 Å². The molecule has 1 aliphatic heterocycles. The maximum atomic E-state index is 13.3. The second-order valence-corrected chi connectivity index (χ2v) is 9.21. The predicted molar refractivity (Wildman–Crippen MR) is 132 cm³/mol. The second kappa shape index (κ2) is 10.8. The number of fused-ring (bicyclic) bond motifs is 1. The molecular weight excluding hydrogens is 444 g/mol. The smallest absolute Gasteiger partial charge is 0.308 e. The first kappa shape index (κ1) is 24.6. The summed E-state index contributed by atoms with van der Waals surface area (Å²) in [5.74, 6) is 0.225. The van der Waals surface area contributed by atoms with Crippen molar-refractivity contribution < 1.29 is 19.1 Å². The molecule has 3 aromatic rings. The van der Waals surface area contributed by atoms with Gasteiger partial charge in [0, 0.05) is 36.1 Å². The lowest BCUT2D eigenvalue weighted by Crippen LogP contribution is -2.61. The van der Waals surface area contributed by atoms with Gasteiger partial charge < -0.3 is 14.4 Å². The fraction of sp³-hybridized carbons (Fsp3) is 0.444. The van der Waals surface area contributed by atoms with Crippen molar-refractivity contribution in [1.29, 1.82) is 0 Å². The normalized spacial score (nSPS) is 18.3. The van der Waals surface area contributed by atoms with Gasteiger partial charge in [-0.1, -0.05) is 12.5 Å². The van der Waals surface area contributed by atoms with Crippen molar-refractivity contribution >= 4 is 22.9 Å². The first-order valence-electron chi connectivity index (χ1n) is 12.1. The van der Waals surface area contributed by atoms with Crippen LogP contribution in [0.2, 0.25) is 0 Å². The topological polar surface area (TPSA) is 94.5 Å². The molecule has 0 spiro atoms. The van der Waals surface area contributed by atoms with Crippen LogP contribution in [0.15, 0.2) is 48.8 Å². The molecule has 1 unspecified atom stereocenters. The Labute approximate surface area is 205 Å². The molecule has 8 nitrogen and oxygen atoms in total. The van der Waals surface area contributed by atoms with E-state index in [4.69, 9.17) is 9.47 Å². The number of β-lactam (4-membered cyclic amide) rings is 1. The zero-order chi connectivity index (χ0) is 24.8. The van der Waals surface area contributed by atoms with Crippen LogP contribution >= 0.6 is 0 Å². The maximum absolute atomic E-state index is 13.3. The number of aromatic nitrogens is 3. The number of ether oxygens (including phenoxy) is 2. The van der Waals surface area contributed by atoms with Crippen LogP contribution in [0.4, 0.5) is 0 Å². The second-order valence-electron chi connectivity index (χ2n) is 9.21. The summed E-state index contributed by atoms with van der Waals surface area (Å²) in [6.07, 6.45) is 7.03. The predicted octanol–water partition coefficient (Wildman–Crippen LogP) is 4.29. The molecule has 1 fully saturated rings. The monoisotopic (exact) mass is 476 g/mol. The zero-order valence-electron chi connectivity index (χ0n) is 20.6. The number of methoxy groups -OCH3 is 1. The molecule has 4 heterocycles. The van der Waals surface area contributed by atoms with Gasteiger partial charge in [0.15, 0.2) is 5.65 Å². The summed E-state index contributed by atoms with van der Waals surface area (Å²) in [7, 11) is 1.55. The molecule has 2 atom stereocenters.